The van der Waals surface area contributed by atoms with Crippen molar-refractivity contribution in [3.05, 3.63) is 59.8 Å². The molecular formula is C27H30ClN5O2. The van der Waals surface area contributed by atoms with Crippen LogP contribution in [0, 0.1) is 5.41 Å². The number of carbonyl (C=O) groups excluding carboxylic acids is 1. The van der Waals surface area contributed by atoms with E-state index < -0.39 is 0 Å². The molecule has 2 aliphatic heterocycles. The van der Waals surface area contributed by atoms with E-state index in [2.05, 4.69) is 15.2 Å². The Hall–Kier alpha value is -3.13. The molecule has 2 aromatic carbocycles. The van der Waals surface area contributed by atoms with Crippen LogP contribution in [0.1, 0.15) is 0 Å². The summed E-state index contributed by atoms with van der Waals surface area (Å²) in [4.78, 5) is 22.1. The van der Waals surface area contributed by atoms with Crippen LogP contribution >= 0.6 is 11.6 Å². The molecule has 182 valence electrons. The number of phenols is 1. The molecule has 0 bridgehead atoms. The van der Waals surface area contributed by atoms with Crippen molar-refractivity contribution in [2.24, 2.45) is 5.41 Å². The van der Waals surface area contributed by atoms with Gasteiger partial charge in [0.2, 0.25) is 6.41 Å². The van der Waals surface area contributed by atoms with E-state index in [1.165, 1.54) is 0 Å². The molecule has 1 amide bonds. The number of hydrogen-bond acceptors (Lipinski definition) is 6. The predicted molar refractivity (Wildman–Crippen MR) is 141 cm³/mol. The average Bonchev–Trinajstić information content (AvgIpc) is 2.78. The highest BCUT2D eigenvalue weighted by Gasteiger charge is 2.47. The van der Waals surface area contributed by atoms with Gasteiger partial charge in [-0.2, -0.15) is 0 Å². The molecule has 0 saturated carbocycles. The molecule has 1 aromatic heterocycles. The van der Waals surface area contributed by atoms with Gasteiger partial charge in [-0.05, 0) is 49.5 Å². The standard InChI is InChI=1S/C27H30ClN5O2/c1-31(2)10-11-32(18-34)24-7-6-19(12-23(24)28)21-4-3-5-22(26(21)35)20-8-9-30-25(13-20)33-16-27(17-33)14-29-15-27/h3-9,12-13,18,29,35H,10-11,14-17H2,1-2H3. The summed E-state index contributed by atoms with van der Waals surface area (Å²) in [5.41, 5.74) is 4.19. The molecule has 7 nitrogen and oxygen atoms in total. The zero-order valence-electron chi connectivity index (χ0n) is 20.0. The fourth-order valence-corrected chi connectivity index (χ4v) is 5.13. The number of nitrogens with one attached hydrogen (secondary N) is 1. The molecule has 2 fully saturated rings. The first-order valence-electron chi connectivity index (χ1n) is 11.8. The SMILES string of the molecule is CN(C)CCN(C=O)c1ccc(-c2cccc(-c3ccnc(N4CC5(CNC5)C4)c3)c2O)cc1Cl. The molecule has 8 heteroatoms. The Labute approximate surface area is 210 Å². The van der Waals surface area contributed by atoms with E-state index in [0.717, 1.165) is 61.6 Å². The summed E-state index contributed by atoms with van der Waals surface area (Å²) in [6.45, 7) is 5.44. The number of anilines is 2. The molecule has 0 atom stereocenters. The van der Waals surface area contributed by atoms with Crippen molar-refractivity contribution in [2.75, 3.05) is 63.2 Å². The van der Waals surface area contributed by atoms with E-state index in [-0.39, 0.29) is 5.75 Å². The number of amides is 1. The second-order valence-corrected chi connectivity index (χ2v) is 10.2. The summed E-state index contributed by atoms with van der Waals surface area (Å²) in [5.74, 6) is 1.13. The highest BCUT2D eigenvalue weighted by Crippen LogP contribution is 2.42. The van der Waals surface area contributed by atoms with Crippen molar-refractivity contribution in [3.63, 3.8) is 0 Å². The van der Waals surface area contributed by atoms with Crippen molar-refractivity contribution < 1.29 is 9.90 Å². The van der Waals surface area contributed by atoms with Crippen molar-refractivity contribution in [2.45, 2.75) is 0 Å². The van der Waals surface area contributed by atoms with E-state index in [0.29, 0.717) is 28.2 Å². The summed E-state index contributed by atoms with van der Waals surface area (Å²) in [6.07, 6.45) is 2.60. The van der Waals surface area contributed by atoms with Gasteiger partial charge >= 0.3 is 0 Å². The highest BCUT2D eigenvalue weighted by molar-refractivity contribution is 6.34. The van der Waals surface area contributed by atoms with Gasteiger partial charge in [0.1, 0.15) is 11.6 Å². The maximum atomic E-state index is 11.6. The molecule has 0 unspecified atom stereocenters. The molecule has 2 saturated heterocycles. The van der Waals surface area contributed by atoms with Crippen LogP contribution in [-0.2, 0) is 4.79 Å². The third-order valence-corrected chi connectivity index (χ3v) is 7.26. The van der Waals surface area contributed by atoms with Gasteiger partial charge in [0.15, 0.2) is 0 Å². The lowest BCUT2D eigenvalue weighted by atomic mass is 9.74. The first-order chi connectivity index (χ1) is 16.9. The topological polar surface area (TPSA) is 71.9 Å². The van der Waals surface area contributed by atoms with Crippen LogP contribution in [0.25, 0.3) is 22.3 Å². The minimum absolute atomic E-state index is 0.191. The van der Waals surface area contributed by atoms with Crippen molar-refractivity contribution in [1.29, 1.82) is 0 Å². The van der Waals surface area contributed by atoms with Gasteiger partial charge in [-0.3, -0.25) is 4.79 Å². The maximum Gasteiger partial charge on any atom is 0.214 e. The van der Waals surface area contributed by atoms with Crippen LogP contribution in [0.15, 0.2) is 54.7 Å². The number of pyridine rings is 1. The van der Waals surface area contributed by atoms with Gasteiger partial charge < -0.3 is 25.1 Å². The molecular weight excluding hydrogens is 462 g/mol. The molecule has 2 N–H and O–H groups in total. The quantitative estimate of drug-likeness (QED) is 0.468. The largest absolute Gasteiger partial charge is 0.507 e. The van der Waals surface area contributed by atoms with Gasteiger partial charge in [0, 0.05) is 62.0 Å². The van der Waals surface area contributed by atoms with E-state index in [4.69, 9.17) is 11.6 Å². The smallest absolute Gasteiger partial charge is 0.214 e. The number of halogens is 1. The number of aromatic nitrogens is 1. The monoisotopic (exact) mass is 491 g/mol. The number of hydrogen-bond donors (Lipinski definition) is 2. The van der Waals surface area contributed by atoms with Gasteiger partial charge in [0.05, 0.1) is 10.7 Å². The fraction of sp³-hybridized carbons (Fsp3) is 0.333. The van der Waals surface area contributed by atoms with Gasteiger partial charge in [0.25, 0.3) is 0 Å². The Balaban J connectivity index is 1.40. The van der Waals surface area contributed by atoms with E-state index in [1.54, 1.807) is 17.2 Å². The number of rotatable bonds is 8. The number of likely N-dealkylation sites (N-methyl/N-ethyl adjacent to an activating group) is 1. The molecule has 0 radical (unpaired) electrons. The third kappa shape index (κ3) is 4.59. The minimum atomic E-state index is 0.191. The Morgan fingerprint density at radius 2 is 1.80 bits per heavy atom. The molecule has 3 heterocycles. The normalized spacial score (nSPS) is 16.2. The first-order valence-corrected chi connectivity index (χ1v) is 12.2. The van der Waals surface area contributed by atoms with Crippen LogP contribution in [0.5, 0.6) is 5.75 Å². The fourth-order valence-electron chi connectivity index (χ4n) is 4.84. The number of benzene rings is 2. The van der Waals surface area contributed by atoms with Crippen LogP contribution < -0.4 is 15.1 Å². The molecule has 0 aliphatic carbocycles. The van der Waals surface area contributed by atoms with Crippen molar-refractivity contribution in [3.8, 4) is 28.0 Å². The Kier molecular flexibility index (Phi) is 6.40. The molecule has 5 rings (SSSR count). The summed E-state index contributed by atoms with van der Waals surface area (Å²) < 4.78 is 0. The highest BCUT2D eigenvalue weighted by atomic mass is 35.5. The lowest BCUT2D eigenvalue weighted by Gasteiger charge is -2.56. The molecule has 2 aliphatic rings. The number of phenolic OH excluding ortho intramolecular Hbond substituents is 1. The van der Waals surface area contributed by atoms with Crippen molar-refractivity contribution in [1.82, 2.24) is 15.2 Å². The summed E-state index contributed by atoms with van der Waals surface area (Å²) >= 11 is 6.58. The van der Waals surface area contributed by atoms with Crippen LogP contribution in [0.2, 0.25) is 5.02 Å². The summed E-state index contributed by atoms with van der Waals surface area (Å²) in [5, 5.41) is 15.0. The van der Waals surface area contributed by atoms with Gasteiger partial charge in [-0.1, -0.05) is 35.9 Å². The average molecular weight is 492 g/mol. The zero-order valence-corrected chi connectivity index (χ0v) is 20.8. The van der Waals surface area contributed by atoms with E-state index in [9.17, 15) is 9.90 Å². The first kappa shape index (κ1) is 23.6. The molecule has 1 spiro atoms. The molecule has 35 heavy (non-hydrogen) atoms. The van der Waals surface area contributed by atoms with E-state index in [1.807, 2.05) is 61.5 Å². The Morgan fingerprint density at radius 1 is 1.09 bits per heavy atom. The zero-order chi connectivity index (χ0) is 24.6. The third-order valence-electron chi connectivity index (χ3n) is 6.95. The number of aromatic hydroxyl groups is 1. The number of para-hydroxylation sites is 1. The minimum Gasteiger partial charge on any atom is -0.507 e. The summed E-state index contributed by atoms with van der Waals surface area (Å²) in [6, 6.07) is 15.2. The van der Waals surface area contributed by atoms with Crippen LogP contribution in [-0.4, -0.2) is 74.8 Å². The Morgan fingerprint density at radius 3 is 2.40 bits per heavy atom. The second-order valence-electron chi connectivity index (χ2n) is 9.83. The van der Waals surface area contributed by atoms with Crippen LogP contribution in [0.4, 0.5) is 11.5 Å². The lowest BCUT2D eigenvalue weighted by Crippen LogP contribution is -2.71. The Bertz CT molecular complexity index is 1240. The van der Waals surface area contributed by atoms with E-state index >= 15 is 0 Å². The lowest BCUT2D eigenvalue weighted by molar-refractivity contribution is -0.107. The predicted octanol–water partition coefficient (Wildman–Crippen LogP) is 3.71. The maximum absolute atomic E-state index is 11.6. The van der Waals surface area contributed by atoms with Crippen LogP contribution in [0.3, 0.4) is 0 Å². The number of nitrogens with zero attached hydrogens (tertiary/aromatic N) is 4. The molecule has 3 aromatic rings. The number of carbonyl (C=O) groups is 1. The summed E-state index contributed by atoms with van der Waals surface area (Å²) in [7, 11) is 3.92. The van der Waals surface area contributed by atoms with Gasteiger partial charge in [-0.25, -0.2) is 4.98 Å². The van der Waals surface area contributed by atoms with Gasteiger partial charge in [-0.15, -0.1) is 0 Å². The second kappa shape index (κ2) is 9.49. The van der Waals surface area contributed by atoms with Crippen molar-refractivity contribution >= 4 is 29.5 Å².